The molecule has 0 aromatic heterocycles. The van der Waals surface area contributed by atoms with Gasteiger partial charge in [-0.2, -0.15) is 0 Å². The Bertz CT molecular complexity index is 1340. The first-order valence-corrected chi connectivity index (χ1v) is 13.1. The molecule has 1 amide bonds. The van der Waals surface area contributed by atoms with Gasteiger partial charge in [0.1, 0.15) is 23.8 Å². The van der Waals surface area contributed by atoms with Crippen LogP contribution in [0, 0.1) is 0 Å². The highest BCUT2D eigenvalue weighted by atomic mass is 32.2. The van der Waals surface area contributed by atoms with Crippen molar-refractivity contribution in [2.75, 3.05) is 52.9 Å². The molecule has 0 aliphatic heterocycles. The molecular weight excluding hydrogens is 512 g/mol. The topological polar surface area (TPSA) is 113 Å². The van der Waals surface area contributed by atoms with Gasteiger partial charge in [0.05, 0.1) is 46.1 Å². The van der Waals surface area contributed by atoms with Gasteiger partial charge in [-0.05, 0) is 48.4 Å². The summed E-state index contributed by atoms with van der Waals surface area (Å²) in [7, 11) is 3.08. The number of rotatable bonds is 13. The summed E-state index contributed by atoms with van der Waals surface area (Å²) in [6, 6.07) is 16.4. The number of methoxy groups -OCH3 is 5. The van der Waals surface area contributed by atoms with E-state index in [0.29, 0.717) is 24.5 Å². The first-order valence-electron chi connectivity index (χ1n) is 11.6. The first-order chi connectivity index (χ1) is 18.3. The lowest BCUT2D eigenvalue weighted by molar-refractivity contribution is -0.119. The van der Waals surface area contributed by atoms with Crippen molar-refractivity contribution >= 4 is 21.6 Å². The third-order valence-electron chi connectivity index (χ3n) is 5.78. The molecule has 0 radical (unpaired) electrons. The van der Waals surface area contributed by atoms with Crippen LogP contribution in [-0.2, 0) is 21.2 Å². The third kappa shape index (κ3) is 6.60. The van der Waals surface area contributed by atoms with E-state index in [0.717, 1.165) is 15.6 Å². The molecule has 0 bridgehead atoms. The molecule has 38 heavy (non-hydrogen) atoms. The standard InChI is InChI=1S/C27H32N2O8S/c1-33-20-8-6-19(7-9-20)14-15-28-27(30)18-29(23-16-21(34-2)10-12-24(23)35-3)38(31,32)22-11-13-25(36-4)26(17-22)37-5/h6-13,16-17H,14-15,18H2,1-5H3,(H,28,30). The molecule has 0 spiro atoms. The van der Waals surface area contributed by atoms with Gasteiger partial charge in [-0.3, -0.25) is 9.10 Å². The molecule has 0 atom stereocenters. The Labute approximate surface area is 223 Å². The van der Waals surface area contributed by atoms with Crippen molar-refractivity contribution in [2.45, 2.75) is 11.3 Å². The van der Waals surface area contributed by atoms with Gasteiger partial charge in [-0.15, -0.1) is 0 Å². The zero-order valence-electron chi connectivity index (χ0n) is 22.0. The van der Waals surface area contributed by atoms with Gasteiger partial charge in [-0.25, -0.2) is 8.42 Å². The van der Waals surface area contributed by atoms with Gasteiger partial charge in [0.25, 0.3) is 10.0 Å². The van der Waals surface area contributed by atoms with E-state index in [1.807, 2.05) is 24.3 Å². The maximum Gasteiger partial charge on any atom is 0.265 e. The van der Waals surface area contributed by atoms with Crippen LogP contribution in [0.4, 0.5) is 5.69 Å². The van der Waals surface area contributed by atoms with Crippen molar-refractivity contribution in [3.05, 3.63) is 66.2 Å². The van der Waals surface area contributed by atoms with Crippen LogP contribution in [-0.4, -0.2) is 63.0 Å². The van der Waals surface area contributed by atoms with E-state index in [1.165, 1.54) is 52.7 Å². The van der Waals surface area contributed by atoms with Crippen molar-refractivity contribution in [1.82, 2.24) is 5.32 Å². The monoisotopic (exact) mass is 544 g/mol. The number of hydrogen-bond donors (Lipinski definition) is 1. The van der Waals surface area contributed by atoms with E-state index >= 15 is 0 Å². The fourth-order valence-corrected chi connectivity index (χ4v) is 5.16. The SMILES string of the molecule is COc1ccc(CCNC(=O)CN(c2cc(OC)ccc2OC)S(=O)(=O)c2ccc(OC)c(OC)c2)cc1. The highest BCUT2D eigenvalue weighted by Crippen LogP contribution is 2.37. The van der Waals surface area contributed by atoms with Crippen LogP contribution in [0.1, 0.15) is 5.56 Å². The van der Waals surface area contributed by atoms with Crippen molar-refractivity contribution in [3.8, 4) is 28.7 Å². The summed E-state index contributed by atoms with van der Waals surface area (Å²) in [6.45, 7) is -0.187. The van der Waals surface area contributed by atoms with Gasteiger partial charge in [0, 0.05) is 18.7 Å². The first kappa shape index (κ1) is 28.5. The Hall–Kier alpha value is -4.12. The lowest BCUT2D eigenvalue weighted by Crippen LogP contribution is -2.41. The van der Waals surface area contributed by atoms with Gasteiger partial charge in [-0.1, -0.05) is 12.1 Å². The van der Waals surface area contributed by atoms with Crippen LogP contribution in [0.3, 0.4) is 0 Å². The molecule has 0 aliphatic carbocycles. The molecule has 3 aromatic rings. The van der Waals surface area contributed by atoms with Crippen molar-refractivity contribution in [1.29, 1.82) is 0 Å². The molecular formula is C27H32N2O8S. The molecule has 0 saturated carbocycles. The van der Waals surface area contributed by atoms with Crippen molar-refractivity contribution in [2.24, 2.45) is 0 Å². The molecule has 204 valence electrons. The lowest BCUT2D eigenvalue weighted by atomic mass is 10.1. The zero-order chi connectivity index (χ0) is 27.7. The van der Waals surface area contributed by atoms with Gasteiger partial charge < -0.3 is 29.0 Å². The maximum atomic E-state index is 13.9. The number of carbonyl (C=O) groups excluding carboxylic acids is 1. The Morgan fingerprint density at radius 1 is 0.737 bits per heavy atom. The van der Waals surface area contributed by atoms with Gasteiger partial charge in [0.15, 0.2) is 11.5 Å². The molecule has 0 saturated heterocycles. The smallest absolute Gasteiger partial charge is 0.265 e. The molecule has 3 rings (SSSR count). The second kappa shape index (κ2) is 12.9. The third-order valence-corrected chi connectivity index (χ3v) is 7.54. The normalized spacial score (nSPS) is 10.9. The zero-order valence-corrected chi connectivity index (χ0v) is 22.8. The van der Waals surface area contributed by atoms with E-state index in [2.05, 4.69) is 5.32 Å². The number of amides is 1. The van der Waals surface area contributed by atoms with E-state index in [1.54, 1.807) is 19.2 Å². The molecule has 0 unspecified atom stereocenters. The summed E-state index contributed by atoms with van der Waals surface area (Å²) in [4.78, 5) is 12.9. The minimum Gasteiger partial charge on any atom is -0.497 e. The number of nitrogens with one attached hydrogen (secondary N) is 1. The predicted octanol–water partition coefficient (Wildman–Crippen LogP) is 3.28. The maximum absolute atomic E-state index is 13.9. The summed E-state index contributed by atoms with van der Waals surface area (Å²) >= 11 is 0. The quantitative estimate of drug-likeness (QED) is 0.349. The van der Waals surface area contributed by atoms with Crippen molar-refractivity contribution < 1.29 is 36.9 Å². The Kier molecular flexibility index (Phi) is 9.66. The summed E-state index contributed by atoms with van der Waals surface area (Å²) in [6.07, 6.45) is 0.556. The molecule has 10 nitrogen and oxygen atoms in total. The number of hydrogen-bond acceptors (Lipinski definition) is 8. The van der Waals surface area contributed by atoms with E-state index in [-0.39, 0.29) is 22.1 Å². The minimum atomic E-state index is -4.26. The molecule has 11 heteroatoms. The van der Waals surface area contributed by atoms with Crippen LogP contribution in [0.15, 0.2) is 65.6 Å². The summed E-state index contributed by atoms with van der Waals surface area (Å²) in [5, 5.41) is 2.80. The van der Waals surface area contributed by atoms with Gasteiger partial charge in [0.2, 0.25) is 5.91 Å². The number of benzene rings is 3. The van der Waals surface area contributed by atoms with E-state index < -0.39 is 22.5 Å². The number of anilines is 1. The highest BCUT2D eigenvalue weighted by molar-refractivity contribution is 7.92. The van der Waals surface area contributed by atoms with Gasteiger partial charge >= 0.3 is 0 Å². The average molecular weight is 545 g/mol. The van der Waals surface area contributed by atoms with E-state index in [4.69, 9.17) is 23.7 Å². The van der Waals surface area contributed by atoms with Crippen molar-refractivity contribution in [3.63, 3.8) is 0 Å². The molecule has 0 aliphatic rings. The number of nitrogens with zero attached hydrogens (tertiary/aromatic N) is 1. The Morgan fingerprint density at radius 3 is 1.95 bits per heavy atom. The van der Waals surface area contributed by atoms with Crippen LogP contribution in [0.5, 0.6) is 28.7 Å². The molecule has 0 heterocycles. The second-order valence-corrected chi connectivity index (χ2v) is 9.88. The van der Waals surface area contributed by atoms with Crippen LogP contribution < -0.4 is 33.3 Å². The lowest BCUT2D eigenvalue weighted by Gasteiger charge is -2.26. The number of carbonyl (C=O) groups is 1. The summed E-state index contributed by atoms with van der Waals surface area (Å²) in [5.41, 5.74) is 1.14. The molecule has 0 fully saturated rings. The summed E-state index contributed by atoms with van der Waals surface area (Å²) in [5.74, 6) is 1.49. The van der Waals surface area contributed by atoms with Crippen LogP contribution in [0.25, 0.3) is 0 Å². The van der Waals surface area contributed by atoms with Crippen LogP contribution in [0.2, 0.25) is 0 Å². The second-order valence-electron chi connectivity index (χ2n) is 8.01. The van der Waals surface area contributed by atoms with E-state index in [9.17, 15) is 13.2 Å². The average Bonchev–Trinajstić information content (AvgIpc) is 2.95. The molecule has 3 aromatic carbocycles. The largest absolute Gasteiger partial charge is 0.497 e. The Balaban J connectivity index is 1.92. The number of ether oxygens (including phenoxy) is 5. The fraction of sp³-hybridized carbons (Fsp3) is 0.296. The fourth-order valence-electron chi connectivity index (χ4n) is 3.72. The highest BCUT2D eigenvalue weighted by Gasteiger charge is 2.31. The van der Waals surface area contributed by atoms with Crippen LogP contribution >= 0.6 is 0 Å². The number of sulfonamides is 1. The minimum absolute atomic E-state index is 0.0916. The predicted molar refractivity (Wildman–Crippen MR) is 143 cm³/mol. The summed E-state index contributed by atoms with van der Waals surface area (Å²) < 4.78 is 55.2. The molecule has 1 N–H and O–H groups in total. The Morgan fingerprint density at radius 2 is 1.34 bits per heavy atom.